The van der Waals surface area contributed by atoms with E-state index in [1.165, 1.54) is 22.3 Å². The number of benzene rings is 14. The van der Waals surface area contributed by atoms with E-state index in [4.69, 9.17) is 9.47 Å². The first-order valence-electron chi connectivity index (χ1n) is 33.1. The van der Waals surface area contributed by atoms with Crippen LogP contribution in [0.5, 0.6) is 23.0 Å². The topological polar surface area (TPSA) is 24.9 Å². The molecule has 0 heterocycles. The normalized spacial score (nSPS) is 15.7. The van der Waals surface area contributed by atoms with Gasteiger partial charge in [0.2, 0.25) is 0 Å². The second-order valence-electron chi connectivity index (χ2n) is 25.6. The summed E-state index contributed by atoms with van der Waals surface area (Å²) in [4.78, 5) is 4.65. The van der Waals surface area contributed by atoms with Crippen molar-refractivity contribution in [2.24, 2.45) is 0 Å². The Labute approximate surface area is 557 Å². The van der Waals surface area contributed by atoms with E-state index in [-0.39, 0.29) is 11.6 Å². The molecule has 0 aromatic heterocycles. The lowest BCUT2D eigenvalue weighted by molar-refractivity contribution is 0.480. The molecular formula is C90H62F2N2O2. The van der Waals surface area contributed by atoms with Gasteiger partial charge in [0.25, 0.3) is 0 Å². The van der Waals surface area contributed by atoms with E-state index in [1.54, 1.807) is 24.3 Å². The van der Waals surface area contributed by atoms with Gasteiger partial charge in [-0.3, -0.25) is 0 Å². The predicted octanol–water partition coefficient (Wildman–Crippen LogP) is 23.1. The summed E-state index contributed by atoms with van der Waals surface area (Å²) < 4.78 is 43.2. The summed E-state index contributed by atoms with van der Waals surface area (Å²) in [6, 6.07) is 114. The minimum Gasteiger partial charge on any atom is -0.457 e. The molecule has 2 atom stereocenters. The van der Waals surface area contributed by atoms with Gasteiger partial charge in [-0.15, -0.1) is 0 Å². The van der Waals surface area contributed by atoms with Gasteiger partial charge in [0.05, 0.1) is 10.8 Å². The molecule has 96 heavy (non-hydrogen) atoms. The van der Waals surface area contributed by atoms with Crippen LogP contribution in [-0.2, 0) is 36.5 Å². The van der Waals surface area contributed by atoms with E-state index >= 15 is 8.78 Å². The second kappa shape index (κ2) is 23.0. The van der Waals surface area contributed by atoms with Crippen molar-refractivity contribution >= 4 is 34.1 Å². The fraction of sp³-hybridized carbons (Fsp3) is 0.0667. The minimum absolute atomic E-state index is 0.283. The number of nitrogens with zero attached hydrogens (tertiary/aromatic N) is 2. The summed E-state index contributed by atoms with van der Waals surface area (Å²) in [6.45, 7) is 0. The number of aryl methyl sites for hydroxylation is 4. The molecule has 6 heteroatoms. The van der Waals surface area contributed by atoms with Gasteiger partial charge >= 0.3 is 0 Å². The van der Waals surface area contributed by atoms with Crippen molar-refractivity contribution in [1.82, 2.24) is 0 Å². The zero-order chi connectivity index (χ0) is 63.9. The molecule has 0 spiro atoms. The predicted molar refractivity (Wildman–Crippen MR) is 384 cm³/mol. The van der Waals surface area contributed by atoms with Crippen molar-refractivity contribution in [2.75, 3.05) is 9.80 Å². The van der Waals surface area contributed by atoms with Crippen LogP contribution < -0.4 is 19.3 Å². The standard InChI is InChI=1S/C90H62F2N2O2/c91-69-37-29-65(30-38-69)89(67-33-49-77(50-34-67)95-79-47-27-61-19-21-63(61)55-79)85-17-9-7-15-81(85)83-53-45-75(57-87(83)89)93(71-11-3-1-4-12-71)73-41-23-59(24-42-73)60-25-43-74(44-26-60)94(72-13-5-2-6-14-72)76-46-54-84-82-16-8-10-18-86(82)90(88(84)58-76,66-31-39-70(92)40-32-66)68-35-51-78(52-36-68)96-80-48-28-62-20-22-64(62)56-80/h1-18,23-58H,19-22H2/t89-,90?/m0/s1. The quantitative estimate of drug-likeness (QED) is 0.102. The van der Waals surface area contributed by atoms with Crippen LogP contribution in [0.15, 0.2) is 328 Å². The second-order valence-corrected chi connectivity index (χ2v) is 25.6. The van der Waals surface area contributed by atoms with Gasteiger partial charge in [-0.2, -0.15) is 0 Å². The summed E-state index contributed by atoms with van der Waals surface area (Å²) in [6.07, 6.45) is 4.40. The number of anilines is 6. The summed E-state index contributed by atoms with van der Waals surface area (Å²) in [5.74, 6) is 2.61. The molecule has 18 rings (SSSR count). The Hall–Kier alpha value is -11.9. The number of halogens is 2. The first-order valence-corrected chi connectivity index (χ1v) is 33.1. The van der Waals surface area contributed by atoms with Gasteiger partial charge in [0.1, 0.15) is 34.6 Å². The molecule has 0 radical (unpaired) electrons. The SMILES string of the molecule is Fc1ccc(C2(c3ccc(Oc4ccc5c(c4)CC5)cc3)c3ccccc3-c3ccc(N(c4ccccc4)c4ccc(-c5ccc(N(c6ccccc6)c6ccc7c(c6)[C@@](c6ccc(F)cc6)(c6ccc(Oc8ccc9c(c8)CC9)cc6)c6ccccc6-7)cc5)cc4)cc32)cc1. The molecular weight excluding hydrogens is 1180 g/mol. The maximum Gasteiger partial charge on any atom is 0.127 e. The van der Waals surface area contributed by atoms with Crippen molar-refractivity contribution in [2.45, 2.75) is 36.5 Å². The molecule has 4 nitrogen and oxygen atoms in total. The molecule has 14 aromatic carbocycles. The van der Waals surface area contributed by atoms with Crippen molar-refractivity contribution in [1.29, 1.82) is 0 Å². The van der Waals surface area contributed by atoms with E-state index in [0.717, 1.165) is 161 Å². The number of rotatable bonds is 15. The van der Waals surface area contributed by atoms with E-state index in [0.29, 0.717) is 0 Å². The summed E-state index contributed by atoms with van der Waals surface area (Å²) in [5, 5.41) is 0. The Morgan fingerprint density at radius 3 is 0.917 bits per heavy atom. The third-order valence-corrected chi connectivity index (χ3v) is 20.5. The lowest BCUT2D eigenvalue weighted by Crippen LogP contribution is -2.28. The van der Waals surface area contributed by atoms with E-state index in [1.807, 2.05) is 24.3 Å². The lowest BCUT2D eigenvalue weighted by Gasteiger charge is -2.35. The molecule has 458 valence electrons. The smallest absolute Gasteiger partial charge is 0.127 e. The molecule has 0 bridgehead atoms. The zero-order valence-corrected chi connectivity index (χ0v) is 52.5. The first kappa shape index (κ1) is 56.9. The van der Waals surface area contributed by atoms with Crippen molar-refractivity contribution in [3.63, 3.8) is 0 Å². The monoisotopic (exact) mass is 1240 g/mol. The van der Waals surface area contributed by atoms with Gasteiger partial charge < -0.3 is 19.3 Å². The number of hydrogen-bond donors (Lipinski definition) is 0. The zero-order valence-electron chi connectivity index (χ0n) is 52.5. The Morgan fingerprint density at radius 1 is 0.240 bits per heavy atom. The molecule has 0 saturated carbocycles. The molecule has 0 aliphatic heterocycles. The number of fused-ring (bicyclic) bond motifs is 8. The van der Waals surface area contributed by atoms with Gasteiger partial charge in [-0.1, -0.05) is 182 Å². The molecule has 0 fully saturated rings. The van der Waals surface area contributed by atoms with E-state index in [2.05, 4.69) is 289 Å². The fourth-order valence-electron chi connectivity index (χ4n) is 15.7. The Bertz CT molecular complexity index is 4960. The number of hydrogen-bond acceptors (Lipinski definition) is 4. The highest BCUT2D eigenvalue weighted by Crippen LogP contribution is 2.60. The lowest BCUT2D eigenvalue weighted by atomic mass is 9.67. The fourth-order valence-corrected chi connectivity index (χ4v) is 15.7. The van der Waals surface area contributed by atoms with E-state index in [9.17, 15) is 0 Å². The summed E-state index contributed by atoms with van der Waals surface area (Å²) in [5.41, 5.74) is 25.1. The van der Waals surface area contributed by atoms with Crippen LogP contribution in [0.1, 0.15) is 66.8 Å². The third kappa shape index (κ3) is 9.38. The third-order valence-electron chi connectivity index (χ3n) is 20.5. The van der Waals surface area contributed by atoms with Gasteiger partial charge in [0, 0.05) is 34.1 Å². The largest absolute Gasteiger partial charge is 0.457 e. The summed E-state index contributed by atoms with van der Waals surface area (Å²) >= 11 is 0. The van der Waals surface area contributed by atoms with Crippen molar-refractivity contribution < 1.29 is 18.3 Å². The number of para-hydroxylation sites is 2. The van der Waals surface area contributed by atoms with Gasteiger partial charge in [-0.05, 0) is 271 Å². The Morgan fingerprint density at radius 2 is 0.552 bits per heavy atom. The first-order chi connectivity index (χ1) is 47.3. The van der Waals surface area contributed by atoms with Gasteiger partial charge in [-0.25, -0.2) is 8.78 Å². The molecule has 4 aliphatic carbocycles. The van der Waals surface area contributed by atoms with Crippen LogP contribution in [0.3, 0.4) is 0 Å². The van der Waals surface area contributed by atoms with Crippen LogP contribution in [-0.4, -0.2) is 0 Å². The van der Waals surface area contributed by atoms with Crippen molar-refractivity contribution in [3.8, 4) is 56.4 Å². The average molecular weight is 1240 g/mol. The molecule has 0 saturated heterocycles. The molecule has 14 aromatic rings. The van der Waals surface area contributed by atoms with Crippen LogP contribution in [0.4, 0.5) is 42.9 Å². The highest BCUT2D eigenvalue weighted by atomic mass is 19.1. The van der Waals surface area contributed by atoms with Crippen LogP contribution >= 0.6 is 0 Å². The van der Waals surface area contributed by atoms with Crippen LogP contribution in [0, 0.1) is 11.6 Å². The molecule has 0 amide bonds. The van der Waals surface area contributed by atoms with E-state index < -0.39 is 10.8 Å². The number of ether oxygens (including phenoxy) is 2. The Kier molecular flexibility index (Phi) is 13.6. The maximum atomic E-state index is 15.1. The maximum absolute atomic E-state index is 15.1. The molecule has 1 unspecified atom stereocenters. The van der Waals surface area contributed by atoms with Crippen LogP contribution in [0.2, 0.25) is 0 Å². The Balaban J connectivity index is 0.698. The highest BCUT2D eigenvalue weighted by molar-refractivity contribution is 5.92. The average Bonchev–Trinajstić information content (AvgIpc) is 1.53. The molecule has 0 N–H and O–H groups in total. The van der Waals surface area contributed by atoms with Crippen LogP contribution in [0.25, 0.3) is 33.4 Å². The van der Waals surface area contributed by atoms with Crippen molar-refractivity contribution in [3.05, 3.63) is 406 Å². The summed E-state index contributed by atoms with van der Waals surface area (Å²) in [7, 11) is 0. The highest BCUT2D eigenvalue weighted by Gasteiger charge is 2.48. The minimum atomic E-state index is -0.800. The molecule has 4 aliphatic rings. The van der Waals surface area contributed by atoms with Gasteiger partial charge in [0.15, 0.2) is 0 Å².